The molecule has 0 spiro atoms. The Hall–Kier alpha value is -1.81. The molecule has 1 aliphatic rings. The van der Waals surface area contributed by atoms with Crippen LogP contribution in [0.4, 0.5) is 8.78 Å². The van der Waals surface area contributed by atoms with Gasteiger partial charge in [0.1, 0.15) is 11.6 Å². The van der Waals surface area contributed by atoms with Gasteiger partial charge in [0.15, 0.2) is 0 Å². The summed E-state index contributed by atoms with van der Waals surface area (Å²) in [6, 6.07) is 10.1. The molecule has 0 aliphatic carbocycles. The Bertz CT molecular complexity index is 625. The van der Waals surface area contributed by atoms with E-state index in [4.69, 9.17) is 0 Å². The van der Waals surface area contributed by atoms with E-state index in [-0.39, 0.29) is 5.56 Å². The van der Waals surface area contributed by atoms with E-state index >= 15 is 0 Å². The average molecular weight is 330 g/mol. The second kappa shape index (κ2) is 8.34. The largest absolute Gasteiger partial charge is 0.303 e. The van der Waals surface area contributed by atoms with E-state index in [2.05, 4.69) is 16.0 Å². The molecule has 1 saturated heterocycles. The Morgan fingerprint density at radius 2 is 1.88 bits per heavy atom. The van der Waals surface area contributed by atoms with E-state index in [1.807, 2.05) is 18.3 Å². The normalized spacial score (nSPS) is 18.7. The van der Waals surface area contributed by atoms with Gasteiger partial charge in [-0.25, -0.2) is 8.78 Å². The molecular weight excluding hydrogens is 306 g/mol. The molecule has 128 valence electrons. The second-order valence-electron chi connectivity index (χ2n) is 6.62. The van der Waals surface area contributed by atoms with Gasteiger partial charge in [-0.2, -0.15) is 0 Å². The van der Waals surface area contributed by atoms with Crippen molar-refractivity contribution in [2.45, 2.75) is 32.1 Å². The summed E-state index contributed by atoms with van der Waals surface area (Å²) in [5.41, 5.74) is 1.36. The Morgan fingerprint density at radius 1 is 1.04 bits per heavy atom. The summed E-state index contributed by atoms with van der Waals surface area (Å²) in [7, 11) is 0. The first kappa shape index (κ1) is 17.0. The highest BCUT2D eigenvalue weighted by atomic mass is 19.1. The lowest BCUT2D eigenvalue weighted by Crippen LogP contribution is -2.37. The van der Waals surface area contributed by atoms with Crippen LogP contribution in [-0.4, -0.2) is 29.5 Å². The van der Waals surface area contributed by atoms with Crippen LogP contribution in [0.2, 0.25) is 0 Å². The van der Waals surface area contributed by atoms with Crippen molar-refractivity contribution in [1.82, 2.24) is 9.88 Å². The molecule has 3 rings (SSSR count). The molecule has 1 atom stereocenters. The van der Waals surface area contributed by atoms with Gasteiger partial charge in [0.2, 0.25) is 0 Å². The Morgan fingerprint density at radius 3 is 2.62 bits per heavy atom. The Labute approximate surface area is 142 Å². The fraction of sp³-hybridized carbons (Fsp3) is 0.450. The Balaban J connectivity index is 1.49. The smallest absolute Gasteiger partial charge is 0.129 e. The van der Waals surface area contributed by atoms with Crippen molar-refractivity contribution < 1.29 is 8.78 Å². The summed E-state index contributed by atoms with van der Waals surface area (Å²) < 4.78 is 27.5. The Kier molecular flexibility index (Phi) is 5.91. The van der Waals surface area contributed by atoms with Crippen LogP contribution in [0, 0.1) is 17.6 Å². The molecule has 2 nitrogen and oxygen atoms in total. The first-order chi connectivity index (χ1) is 11.7. The molecule has 2 heterocycles. The summed E-state index contributed by atoms with van der Waals surface area (Å²) in [5, 5.41) is 0. The van der Waals surface area contributed by atoms with Crippen LogP contribution in [-0.2, 0) is 12.8 Å². The van der Waals surface area contributed by atoms with Crippen molar-refractivity contribution in [1.29, 1.82) is 0 Å². The summed E-state index contributed by atoms with van der Waals surface area (Å²) in [6.45, 7) is 3.13. The summed E-state index contributed by atoms with van der Waals surface area (Å²) in [6.07, 6.45) is 6.42. The molecule has 2 aromatic rings. The van der Waals surface area contributed by atoms with E-state index in [1.165, 1.54) is 18.2 Å². The zero-order chi connectivity index (χ0) is 16.8. The topological polar surface area (TPSA) is 16.1 Å². The van der Waals surface area contributed by atoms with E-state index in [0.717, 1.165) is 51.0 Å². The summed E-state index contributed by atoms with van der Waals surface area (Å²) in [5.74, 6) is -0.322. The van der Waals surface area contributed by atoms with E-state index < -0.39 is 11.6 Å². The number of piperidine rings is 1. The van der Waals surface area contributed by atoms with Gasteiger partial charge in [0.25, 0.3) is 0 Å². The monoisotopic (exact) mass is 330 g/mol. The fourth-order valence-corrected chi connectivity index (χ4v) is 3.53. The standard InChI is InChI=1S/C20H24F2N2/c21-19-7-3-8-20(22)18(19)10-9-16-5-4-13-24(15-16)14-11-17-6-1-2-12-23-17/h1-3,6-8,12,16H,4-5,9-11,13-15H2/t16-/m1/s1. The van der Waals surface area contributed by atoms with Crippen LogP contribution in [0.1, 0.15) is 30.5 Å². The minimum absolute atomic E-state index is 0.239. The van der Waals surface area contributed by atoms with Gasteiger partial charge in [-0.1, -0.05) is 12.1 Å². The van der Waals surface area contributed by atoms with E-state index in [0.29, 0.717) is 12.3 Å². The maximum atomic E-state index is 13.7. The number of halogens is 2. The fourth-order valence-electron chi connectivity index (χ4n) is 3.53. The lowest BCUT2D eigenvalue weighted by atomic mass is 9.91. The van der Waals surface area contributed by atoms with Gasteiger partial charge in [-0.15, -0.1) is 0 Å². The molecule has 1 aliphatic heterocycles. The molecule has 0 bridgehead atoms. The molecule has 0 amide bonds. The number of benzene rings is 1. The van der Waals surface area contributed by atoms with Crippen molar-refractivity contribution in [3.8, 4) is 0 Å². The first-order valence-corrected chi connectivity index (χ1v) is 8.77. The molecule has 0 saturated carbocycles. The quantitative estimate of drug-likeness (QED) is 0.787. The van der Waals surface area contributed by atoms with Crippen molar-refractivity contribution >= 4 is 0 Å². The number of hydrogen-bond donors (Lipinski definition) is 0. The molecule has 1 aromatic carbocycles. The SMILES string of the molecule is Fc1cccc(F)c1CC[C@H]1CCCN(CCc2ccccn2)C1. The highest BCUT2D eigenvalue weighted by Gasteiger charge is 2.20. The first-order valence-electron chi connectivity index (χ1n) is 8.77. The number of hydrogen-bond acceptors (Lipinski definition) is 2. The van der Waals surface area contributed by atoms with Crippen molar-refractivity contribution in [2.24, 2.45) is 5.92 Å². The predicted octanol–water partition coefficient (Wildman–Crippen LogP) is 4.25. The number of nitrogens with zero attached hydrogens (tertiary/aromatic N) is 2. The number of aromatic nitrogens is 1. The zero-order valence-corrected chi connectivity index (χ0v) is 13.9. The maximum Gasteiger partial charge on any atom is 0.129 e. The van der Waals surface area contributed by atoms with Crippen LogP contribution in [0.3, 0.4) is 0 Å². The minimum Gasteiger partial charge on any atom is -0.303 e. The van der Waals surface area contributed by atoms with Crippen molar-refractivity contribution in [3.63, 3.8) is 0 Å². The minimum atomic E-state index is -0.419. The predicted molar refractivity (Wildman–Crippen MR) is 91.8 cm³/mol. The third kappa shape index (κ3) is 4.60. The second-order valence-corrected chi connectivity index (χ2v) is 6.62. The molecule has 0 radical (unpaired) electrons. The number of likely N-dealkylation sites (tertiary alicyclic amines) is 1. The molecule has 1 fully saturated rings. The van der Waals surface area contributed by atoms with Crippen molar-refractivity contribution in [3.05, 3.63) is 65.5 Å². The van der Waals surface area contributed by atoms with Gasteiger partial charge in [0, 0.05) is 37.0 Å². The molecule has 4 heteroatoms. The van der Waals surface area contributed by atoms with Gasteiger partial charge in [-0.3, -0.25) is 4.98 Å². The van der Waals surface area contributed by atoms with Gasteiger partial charge in [0.05, 0.1) is 0 Å². The van der Waals surface area contributed by atoms with Crippen LogP contribution in [0.15, 0.2) is 42.6 Å². The van der Waals surface area contributed by atoms with Gasteiger partial charge in [-0.05, 0) is 62.4 Å². The third-order valence-electron chi connectivity index (χ3n) is 4.88. The lowest BCUT2D eigenvalue weighted by Gasteiger charge is -2.32. The molecule has 1 aromatic heterocycles. The van der Waals surface area contributed by atoms with Crippen molar-refractivity contribution in [2.75, 3.05) is 19.6 Å². The summed E-state index contributed by atoms with van der Waals surface area (Å²) in [4.78, 5) is 6.83. The molecule has 24 heavy (non-hydrogen) atoms. The summed E-state index contributed by atoms with van der Waals surface area (Å²) >= 11 is 0. The van der Waals surface area contributed by atoms with Crippen LogP contribution in [0.25, 0.3) is 0 Å². The highest BCUT2D eigenvalue weighted by Crippen LogP contribution is 2.23. The molecule has 0 N–H and O–H groups in total. The number of rotatable bonds is 6. The van der Waals surface area contributed by atoms with E-state index in [9.17, 15) is 8.78 Å². The zero-order valence-electron chi connectivity index (χ0n) is 13.9. The van der Waals surface area contributed by atoms with Crippen LogP contribution < -0.4 is 0 Å². The number of pyridine rings is 1. The van der Waals surface area contributed by atoms with Gasteiger partial charge < -0.3 is 4.90 Å². The van der Waals surface area contributed by atoms with Gasteiger partial charge >= 0.3 is 0 Å². The third-order valence-corrected chi connectivity index (χ3v) is 4.88. The average Bonchev–Trinajstić information content (AvgIpc) is 2.61. The lowest BCUT2D eigenvalue weighted by molar-refractivity contribution is 0.170. The maximum absolute atomic E-state index is 13.7. The van der Waals surface area contributed by atoms with Crippen LogP contribution >= 0.6 is 0 Å². The molecular formula is C20H24F2N2. The van der Waals surface area contributed by atoms with Crippen LogP contribution in [0.5, 0.6) is 0 Å². The van der Waals surface area contributed by atoms with E-state index in [1.54, 1.807) is 0 Å². The molecule has 0 unspecified atom stereocenters. The highest BCUT2D eigenvalue weighted by molar-refractivity contribution is 5.19.